The van der Waals surface area contributed by atoms with Crippen LogP contribution in [0.3, 0.4) is 0 Å². The Morgan fingerprint density at radius 1 is 1.45 bits per heavy atom. The van der Waals surface area contributed by atoms with Crippen molar-refractivity contribution in [1.82, 2.24) is 4.31 Å². The van der Waals surface area contributed by atoms with Gasteiger partial charge in [-0.05, 0) is 25.1 Å². The van der Waals surface area contributed by atoms with Crippen LogP contribution in [-0.2, 0) is 19.6 Å². The summed E-state index contributed by atoms with van der Waals surface area (Å²) in [6.07, 6.45) is -0.0868. The fraction of sp³-hybridized carbons (Fsp3) is 0.417. The largest absolute Gasteiger partial charge is 0.466 e. The van der Waals surface area contributed by atoms with Crippen molar-refractivity contribution in [2.24, 2.45) is 0 Å². The maximum atomic E-state index is 13.1. The highest BCUT2D eigenvalue weighted by Crippen LogP contribution is 2.24. The Morgan fingerprint density at radius 3 is 2.70 bits per heavy atom. The van der Waals surface area contributed by atoms with E-state index in [1.165, 1.54) is 13.1 Å². The number of hydrogen-bond donors (Lipinski definition) is 0. The van der Waals surface area contributed by atoms with Crippen LogP contribution in [-0.4, -0.2) is 38.9 Å². The van der Waals surface area contributed by atoms with Crippen LogP contribution >= 0.6 is 11.6 Å². The molecule has 5 nitrogen and oxygen atoms in total. The van der Waals surface area contributed by atoms with E-state index in [-0.39, 0.29) is 29.5 Å². The molecular formula is C12H15ClFNO4S. The number of benzene rings is 1. The smallest absolute Gasteiger partial charge is 0.307 e. The second-order valence-corrected chi connectivity index (χ2v) is 6.38. The highest BCUT2D eigenvalue weighted by Gasteiger charge is 2.24. The molecule has 0 N–H and O–H groups in total. The van der Waals surface area contributed by atoms with Crippen LogP contribution in [0.15, 0.2) is 23.1 Å². The minimum absolute atomic E-state index is 0.0746. The van der Waals surface area contributed by atoms with Crippen LogP contribution in [0.25, 0.3) is 0 Å². The Labute approximate surface area is 122 Å². The minimum atomic E-state index is -3.95. The molecule has 0 heterocycles. The van der Waals surface area contributed by atoms with Crippen molar-refractivity contribution in [3.8, 4) is 0 Å². The molecule has 20 heavy (non-hydrogen) atoms. The predicted octanol–water partition coefficient (Wildman–Crippen LogP) is 2.05. The lowest BCUT2D eigenvalue weighted by atomic mass is 10.3. The number of carbonyl (C=O) groups is 1. The number of rotatable bonds is 6. The number of hydrogen-bond acceptors (Lipinski definition) is 4. The Morgan fingerprint density at radius 2 is 2.10 bits per heavy atom. The number of sulfonamides is 1. The molecule has 0 atom stereocenters. The molecule has 112 valence electrons. The molecule has 0 saturated heterocycles. The van der Waals surface area contributed by atoms with E-state index in [2.05, 4.69) is 0 Å². The number of esters is 1. The Balaban J connectivity index is 2.87. The van der Waals surface area contributed by atoms with Crippen molar-refractivity contribution < 1.29 is 22.3 Å². The number of carbonyl (C=O) groups excluding carboxylic acids is 1. The van der Waals surface area contributed by atoms with Crippen molar-refractivity contribution in [3.63, 3.8) is 0 Å². The Kier molecular flexibility index (Phi) is 5.91. The lowest BCUT2D eigenvalue weighted by molar-refractivity contribution is -0.143. The summed E-state index contributed by atoms with van der Waals surface area (Å²) in [7, 11) is -2.66. The van der Waals surface area contributed by atoms with Crippen LogP contribution in [0.2, 0.25) is 5.02 Å². The van der Waals surface area contributed by atoms with E-state index in [1.54, 1.807) is 6.92 Å². The molecule has 0 bridgehead atoms. The fourth-order valence-corrected chi connectivity index (χ4v) is 3.10. The van der Waals surface area contributed by atoms with E-state index in [0.29, 0.717) is 0 Å². The van der Waals surface area contributed by atoms with Gasteiger partial charge in [0.25, 0.3) is 0 Å². The van der Waals surface area contributed by atoms with E-state index in [1.807, 2.05) is 0 Å². The number of nitrogens with zero attached hydrogens (tertiary/aromatic N) is 1. The highest BCUT2D eigenvalue weighted by molar-refractivity contribution is 7.89. The molecule has 0 aliphatic carbocycles. The highest BCUT2D eigenvalue weighted by atomic mass is 35.5. The monoisotopic (exact) mass is 323 g/mol. The lowest BCUT2D eigenvalue weighted by Gasteiger charge is -2.17. The van der Waals surface area contributed by atoms with Gasteiger partial charge in [0, 0.05) is 13.6 Å². The summed E-state index contributed by atoms with van der Waals surface area (Å²) in [5.74, 6) is -1.20. The first-order valence-electron chi connectivity index (χ1n) is 5.86. The van der Waals surface area contributed by atoms with Gasteiger partial charge in [-0.3, -0.25) is 4.79 Å². The van der Waals surface area contributed by atoms with E-state index < -0.39 is 21.8 Å². The maximum Gasteiger partial charge on any atom is 0.307 e. The van der Waals surface area contributed by atoms with Gasteiger partial charge < -0.3 is 4.74 Å². The zero-order valence-electron chi connectivity index (χ0n) is 11.1. The van der Waals surface area contributed by atoms with Gasteiger partial charge in [0.2, 0.25) is 10.0 Å². The Bertz CT molecular complexity index is 591. The van der Waals surface area contributed by atoms with Gasteiger partial charge in [-0.1, -0.05) is 11.6 Å². The van der Waals surface area contributed by atoms with Gasteiger partial charge >= 0.3 is 5.97 Å². The first-order chi connectivity index (χ1) is 9.28. The van der Waals surface area contributed by atoms with E-state index in [4.69, 9.17) is 16.3 Å². The van der Waals surface area contributed by atoms with Crippen LogP contribution < -0.4 is 0 Å². The van der Waals surface area contributed by atoms with Gasteiger partial charge in [0.05, 0.1) is 18.1 Å². The number of ether oxygens (including phenoxy) is 1. The molecule has 0 aromatic heterocycles. The average molecular weight is 324 g/mol. The molecule has 0 saturated carbocycles. The Hall–Kier alpha value is -1.18. The summed E-state index contributed by atoms with van der Waals surface area (Å²) in [5, 5.41) is -0.0746. The number of halogens is 2. The molecule has 0 fully saturated rings. The standard InChI is InChI=1S/C12H15ClFNO4S/c1-3-19-12(16)6-7-15(2)20(17,18)11-8-9(14)4-5-10(11)13/h4-5,8H,3,6-7H2,1-2H3. The van der Waals surface area contributed by atoms with E-state index in [0.717, 1.165) is 16.4 Å². The maximum absolute atomic E-state index is 13.1. The summed E-state index contributed by atoms with van der Waals surface area (Å²) >= 11 is 5.77. The van der Waals surface area contributed by atoms with Gasteiger partial charge in [0.1, 0.15) is 10.7 Å². The molecule has 0 radical (unpaired) electrons. The lowest BCUT2D eigenvalue weighted by Crippen LogP contribution is -2.29. The normalized spacial score (nSPS) is 11.7. The molecule has 0 unspecified atom stereocenters. The summed E-state index contributed by atoms with van der Waals surface area (Å²) in [4.78, 5) is 10.9. The molecular weight excluding hydrogens is 309 g/mol. The van der Waals surface area contributed by atoms with Gasteiger partial charge in [-0.25, -0.2) is 17.1 Å². The zero-order valence-corrected chi connectivity index (χ0v) is 12.7. The summed E-state index contributed by atoms with van der Waals surface area (Å²) in [5.41, 5.74) is 0. The fourth-order valence-electron chi connectivity index (χ4n) is 1.44. The SMILES string of the molecule is CCOC(=O)CCN(C)S(=O)(=O)c1cc(F)ccc1Cl. The molecule has 0 spiro atoms. The van der Waals surface area contributed by atoms with Crippen LogP contribution in [0, 0.1) is 5.82 Å². The molecule has 1 aromatic rings. The first kappa shape index (κ1) is 16.9. The van der Waals surface area contributed by atoms with Crippen molar-refractivity contribution in [2.45, 2.75) is 18.2 Å². The second kappa shape index (κ2) is 7.01. The molecule has 0 aliphatic heterocycles. The van der Waals surface area contributed by atoms with Crippen molar-refractivity contribution in [3.05, 3.63) is 29.0 Å². The summed E-state index contributed by atoms with van der Waals surface area (Å²) < 4.78 is 43.2. The topological polar surface area (TPSA) is 63.7 Å². The summed E-state index contributed by atoms with van der Waals surface area (Å²) in [6.45, 7) is 1.81. The molecule has 1 rings (SSSR count). The average Bonchev–Trinajstić information content (AvgIpc) is 2.38. The van der Waals surface area contributed by atoms with Crippen LogP contribution in [0.1, 0.15) is 13.3 Å². The minimum Gasteiger partial charge on any atom is -0.466 e. The molecule has 0 aliphatic rings. The van der Waals surface area contributed by atoms with Gasteiger partial charge in [-0.2, -0.15) is 0 Å². The summed E-state index contributed by atoms with van der Waals surface area (Å²) in [6, 6.07) is 3.08. The van der Waals surface area contributed by atoms with Crippen molar-refractivity contribution in [1.29, 1.82) is 0 Å². The van der Waals surface area contributed by atoms with Crippen LogP contribution in [0.4, 0.5) is 4.39 Å². The van der Waals surface area contributed by atoms with Crippen molar-refractivity contribution in [2.75, 3.05) is 20.2 Å². The predicted molar refractivity (Wildman–Crippen MR) is 72.5 cm³/mol. The second-order valence-electron chi connectivity index (χ2n) is 3.96. The van der Waals surface area contributed by atoms with Crippen LogP contribution in [0.5, 0.6) is 0 Å². The van der Waals surface area contributed by atoms with Crippen molar-refractivity contribution >= 4 is 27.6 Å². The third kappa shape index (κ3) is 4.16. The van der Waals surface area contributed by atoms with E-state index in [9.17, 15) is 17.6 Å². The van der Waals surface area contributed by atoms with Gasteiger partial charge in [0.15, 0.2) is 0 Å². The molecule has 1 aromatic carbocycles. The van der Waals surface area contributed by atoms with Gasteiger partial charge in [-0.15, -0.1) is 0 Å². The van der Waals surface area contributed by atoms with E-state index >= 15 is 0 Å². The zero-order chi connectivity index (χ0) is 15.3. The third-order valence-electron chi connectivity index (χ3n) is 2.52. The molecule has 8 heteroatoms. The molecule has 0 amide bonds. The first-order valence-corrected chi connectivity index (χ1v) is 7.68. The third-order valence-corrected chi connectivity index (χ3v) is 4.86. The quantitative estimate of drug-likeness (QED) is 0.752.